The first-order valence-corrected chi connectivity index (χ1v) is 3.95. The van der Waals surface area contributed by atoms with E-state index in [9.17, 15) is 4.79 Å². The molecule has 0 aliphatic heterocycles. The highest BCUT2D eigenvalue weighted by molar-refractivity contribution is 7.17. The highest BCUT2D eigenvalue weighted by Gasteiger charge is 1.99. The lowest BCUT2D eigenvalue weighted by atomic mass is 10.4. The minimum atomic E-state index is -0.434. The van der Waals surface area contributed by atoms with E-state index >= 15 is 0 Å². The lowest BCUT2D eigenvalue weighted by Gasteiger charge is -1.89. The van der Waals surface area contributed by atoms with Crippen LogP contribution < -0.4 is 5.56 Å². The van der Waals surface area contributed by atoms with Crippen LogP contribution in [-0.2, 0) is 0 Å². The number of hydrogen-bond donors (Lipinski definition) is 2. The molecule has 0 atom stereocenters. The minimum Gasteiger partial charge on any atom is -0.503 e. The third-order valence-electron chi connectivity index (χ3n) is 1.44. The molecule has 2 rings (SSSR count). The van der Waals surface area contributed by atoms with Gasteiger partial charge in [-0.3, -0.25) is 4.79 Å². The standard InChI is InChI=1S/C7H5NO2S/c9-5-3-6-4(1-2-11-6)8-7(5)10/h1-3,9H,(H,8,10). The van der Waals surface area contributed by atoms with Gasteiger partial charge in [0, 0.05) is 6.07 Å². The second kappa shape index (κ2) is 2.10. The summed E-state index contributed by atoms with van der Waals surface area (Å²) in [5.41, 5.74) is 0.341. The lowest BCUT2D eigenvalue weighted by Crippen LogP contribution is -2.02. The molecule has 0 aromatic carbocycles. The molecule has 2 aromatic rings. The molecule has 2 aromatic heterocycles. The van der Waals surface area contributed by atoms with Crippen molar-refractivity contribution in [3.8, 4) is 5.75 Å². The maximum atomic E-state index is 10.8. The third-order valence-corrected chi connectivity index (χ3v) is 2.31. The molecule has 0 spiro atoms. The molecule has 2 heterocycles. The molecule has 3 nitrogen and oxygen atoms in total. The second-order valence-corrected chi connectivity index (χ2v) is 3.13. The van der Waals surface area contributed by atoms with E-state index < -0.39 is 5.56 Å². The minimum absolute atomic E-state index is 0.222. The molecule has 0 radical (unpaired) electrons. The molecule has 0 amide bonds. The van der Waals surface area contributed by atoms with Crippen molar-refractivity contribution in [2.24, 2.45) is 0 Å². The molecule has 0 aliphatic rings. The molecular weight excluding hydrogens is 162 g/mol. The van der Waals surface area contributed by atoms with Gasteiger partial charge in [-0.05, 0) is 11.4 Å². The molecule has 0 saturated carbocycles. The van der Waals surface area contributed by atoms with Crippen molar-refractivity contribution in [2.45, 2.75) is 0 Å². The predicted molar refractivity (Wildman–Crippen MR) is 44.1 cm³/mol. The number of thiophene rings is 1. The lowest BCUT2D eigenvalue weighted by molar-refractivity contribution is 0.468. The zero-order valence-corrected chi connectivity index (χ0v) is 6.31. The van der Waals surface area contributed by atoms with Gasteiger partial charge < -0.3 is 10.1 Å². The van der Waals surface area contributed by atoms with Crippen LogP contribution in [0.2, 0.25) is 0 Å². The quantitative estimate of drug-likeness (QED) is 0.621. The molecule has 4 heteroatoms. The number of rotatable bonds is 0. The Morgan fingerprint density at radius 1 is 1.55 bits per heavy atom. The van der Waals surface area contributed by atoms with E-state index in [0.717, 1.165) is 10.2 Å². The number of pyridine rings is 1. The van der Waals surface area contributed by atoms with Gasteiger partial charge in [-0.2, -0.15) is 0 Å². The smallest absolute Gasteiger partial charge is 0.290 e. The predicted octanol–water partition coefficient (Wildman–Crippen LogP) is 1.30. The summed E-state index contributed by atoms with van der Waals surface area (Å²) in [6.45, 7) is 0. The zero-order valence-electron chi connectivity index (χ0n) is 5.50. The van der Waals surface area contributed by atoms with Crippen LogP contribution in [0.1, 0.15) is 0 Å². The Balaban J connectivity index is 2.97. The van der Waals surface area contributed by atoms with Gasteiger partial charge in [0.1, 0.15) is 0 Å². The fraction of sp³-hybridized carbons (Fsp3) is 0. The highest BCUT2D eigenvalue weighted by atomic mass is 32.1. The first-order chi connectivity index (χ1) is 5.27. The van der Waals surface area contributed by atoms with E-state index in [1.807, 2.05) is 5.38 Å². The molecule has 0 saturated heterocycles. The topological polar surface area (TPSA) is 53.1 Å². The van der Waals surface area contributed by atoms with Gasteiger partial charge in [0.25, 0.3) is 5.56 Å². The Bertz CT molecular complexity index is 443. The van der Waals surface area contributed by atoms with Gasteiger partial charge in [-0.1, -0.05) is 0 Å². The van der Waals surface area contributed by atoms with Crippen molar-refractivity contribution in [1.82, 2.24) is 4.98 Å². The molecule has 0 unspecified atom stereocenters. The Morgan fingerprint density at radius 3 is 3.18 bits per heavy atom. The summed E-state index contributed by atoms with van der Waals surface area (Å²) in [7, 11) is 0. The second-order valence-electron chi connectivity index (χ2n) is 2.18. The van der Waals surface area contributed by atoms with Gasteiger partial charge in [-0.25, -0.2) is 0 Å². The van der Waals surface area contributed by atoms with Gasteiger partial charge in [0.2, 0.25) is 0 Å². The van der Waals surface area contributed by atoms with Crippen LogP contribution in [0.3, 0.4) is 0 Å². The Kier molecular flexibility index (Phi) is 1.22. The van der Waals surface area contributed by atoms with Crippen LogP contribution in [0, 0.1) is 0 Å². The van der Waals surface area contributed by atoms with Crippen molar-refractivity contribution in [3.63, 3.8) is 0 Å². The summed E-state index contributed by atoms with van der Waals surface area (Å²) < 4.78 is 0.891. The molecule has 56 valence electrons. The van der Waals surface area contributed by atoms with E-state index in [4.69, 9.17) is 5.11 Å². The summed E-state index contributed by atoms with van der Waals surface area (Å²) in [5, 5.41) is 10.9. The van der Waals surface area contributed by atoms with Crippen molar-refractivity contribution < 1.29 is 5.11 Å². The summed E-state index contributed by atoms with van der Waals surface area (Å²) in [6.07, 6.45) is 0. The fourth-order valence-corrected chi connectivity index (χ4v) is 1.69. The molecule has 11 heavy (non-hydrogen) atoms. The number of nitrogens with one attached hydrogen (secondary N) is 1. The normalized spacial score (nSPS) is 10.5. The average molecular weight is 167 g/mol. The fourth-order valence-electron chi connectivity index (χ4n) is 0.912. The summed E-state index contributed by atoms with van der Waals surface area (Å²) in [4.78, 5) is 13.4. The molecule has 0 bridgehead atoms. The van der Waals surface area contributed by atoms with Gasteiger partial charge >= 0.3 is 0 Å². The van der Waals surface area contributed by atoms with Crippen molar-refractivity contribution in [1.29, 1.82) is 0 Å². The van der Waals surface area contributed by atoms with Gasteiger partial charge in [-0.15, -0.1) is 11.3 Å². The van der Waals surface area contributed by atoms with Crippen LogP contribution in [0.4, 0.5) is 0 Å². The first-order valence-electron chi connectivity index (χ1n) is 3.07. The Labute approximate surface area is 65.9 Å². The summed E-state index contributed by atoms with van der Waals surface area (Å²) >= 11 is 1.48. The van der Waals surface area contributed by atoms with Crippen LogP contribution in [0.5, 0.6) is 5.75 Å². The Morgan fingerprint density at radius 2 is 2.36 bits per heavy atom. The third kappa shape index (κ3) is 0.914. The highest BCUT2D eigenvalue weighted by Crippen LogP contribution is 2.19. The van der Waals surface area contributed by atoms with Crippen LogP contribution in [-0.4, -0.2) is 10.1 Å². The van der Waals surface area contributed by atoms with E-state index in [0.29, 0.717) is 0 Å². The molecule has 0 aliphatic carbocycles. The van der Waals surface area contributed by atoms with Crippen LogP contribution in [0.15, 0.2) is 22.3 Å². The van der Waals surface area contributed by atoms with Gasteiger partial charge in [0.15, 0.2) is 5.75 Å². The number of aromatic nitrogens is 1. The number of aromatic amines is 1. The maximum absolute atomic E-state index is 10.8. The van der Waals surface area contributed by atoms with E-state index in [-0.39, 0.29) is 5.75 Å². The van der Waals surface area contributed by atoms with Gasteiger partial charge in [0.05, 0.1) is 10.2 Å². The largest absolute Gasteiger partial charge is 0.503 e. The average Bonchev–Trinajstić information content (AvgIpc) is 2.36. The number of H-pyrrole nitrogens is 1. The summed E-state index contributed by atoms with van der Waals surface area (Å²) in [6, 6.07) is 3.28. The SMILES string of the molecule is O=c1[nH]c2ccsc2cc1O. The first kappa shape index (κ1) is 6.42. The number of fused-ring (bicyclic) bond motifs is 1. The summed E-state index contributed by atoms with van der Waals surface area (Å²) in [5.74, 6) is -0.222. The van der Waals surface area contributed by atoms with Crippen molar-refractivity contribution in [2.75, 3.05) is 0 Å². The maximum Gasteiger partial charge on any atom is 0.290 e. The van der Waals surface area contributed by atoms with Crippen molar-refractivity contribution in [3.05, 3.63) is 27.9 Å². The molecule has 0 fully saturated rings. The number of aromatic hydroxyl groups is 1. The van der Waals surface area contributed by atoms with E-state index in [1.165, 1.54) is 17.4 Å². The van der Waals surface area contributed by atoms with Crippen LogP contribution >= 0.6 is 11.3 Å². The zero-order chi connectivity index (χ0) is 7.84. The number of hydrogen-bond acceptors (Lipinski definition) is 3. The van der Waals surface area contributed by atoms with E-state index in [2.05, 4.69) is 4.98 Å². The van der Waals surface area contributed by atoms with Crippen LogP contribution in [0.25, 0.3) is 10.2 Å². The monoisotopic (exact) mass is 167 g/mol. The molecular formula is C7H5NO2S. The van der Waals surface area contributed by atoms with Crippen molar-refractivity contribution >= 4 is 21.6 Å². The molecule has 2 N–H and O–H groups in total. The van der Waals surface area contributed by atoms with E-state index in [1.54, 1.807) is 6.07 Å². The Hall–Kier alpha value is -1.29.